The number of benzene rings is 1. The number of nitrogens with zero attached hydrogens (tertiary/aromatic N) is 1. The number of nitrogens with one attached hydrogen (secondary N) is 1. The molecule has 1 aromatic carbocycles. The highest BCUT2D eigenvalue weighted by Crippen LogP contribution is 2.15. The number of esters is 1. The molecule has 1 heterocycles. The zero-order valence-corrected chi connectivity index (χ0v) is 13.0. The summed E-state index contributed by atoms with van der Waals surface area (Å²) in [4.78, 5) is 24.1. The van der Waals surface area contributed by atoms with Crippen molar-refractivity contribution in [2.24, 2.45) is 0 Å². The van der Waals surface area contributed by atoms with Gasteiger partial charge in [-0.2, -0.15) is 0 Å². The van der Waals surface area contributed by atoms with Crippen molar-refractivity contribution in [3.63, 3.8) is 0 Å². The Bertz CT molecular complexity index is 706. The fourth-order valence-corrected chi connectivity index (χ4v) is 1.90. The Hall–Kier alpha value is -2.63. The van der Waals surface area contributed by atoms with Crippen molar-refractivity contribution in [3.8, 4) is 0 Å². The molecule has 22 heavy (non-hydrogen) atoms. The van der Waals surface area contributed by atoms with Gasteiger partial charge in [-0.05, 0) is 44.9 Å². The van der Waals surface area contributed by atoms with Crippen molar-refractivity contribution in [3.05, 3.63) is 46.7 Å². The molecule has 116 valence electrons. The first kappa shape index (κ1) is 15.8. The van der Waals surface area contributed by atoms with Gasteiger partial charge in [0, 0.05) is 6.07 Å². The minimum atomic E-state index is -0.940. The van der Waals surface area contributed by atoms with Gasteiger partial charge in [-0.25, -0.2) is 4.79 Å². The molecule has 0 aliphatic heterocycles. The minimum Gasteiger partial charge on any atom is -0.449 e. The molecule has 0 aliphatic carbocycles. The fourth-order valence-electron chi connectivity index (χ4n) is 1.90. The van der Waals surface area contributed by atoms with Crippen LogP contribution in [0.5, 0.6) is 0 Å². The molecule has 2 rings (SSSR count). The Balaban J connectivity index is 2.01. The Labute approximate surface area is 128 Å². The Morgan fingerprint density at radius 1 is 1.27 bits per heavy atom. The van der Waals surface area contributed by atoms with Gasteiger partial charge in [-0.1, -0.05) is 17.3 Å². The van der Waals surface area contributed by atoms with Crippen LogP contribution in [-0.2, 0) is 9.53 Å². The van der Waals surface area contributed by atoms with E-state index in [0.717, 1.165) is 11.1 Å². The first-order chi connectivity index (χ1) is 10.4. The Morgan fingerprint density at radius 3 is 2.64 bits per heavy atom. The van der Waals surface area contributed by atoms with Crippen LogP contribution < -0.4 is 5.32 Å². The third kappa shape index (κ3) is 3.52. The maximum Gasteiger partial charge on any atom is 0.339 e. The second-order valence-electron chi connectivity index (χ2n) is 5.11. The topological polar surface area (TPSA) is 81.4 Å². The lowest BCUT2D eigenvalue weighted by Gasteiger charge is -2.14. The summed E-state index contributed by atoms with van der Waals surface area (Å²) in [5.41, 5.74) is 2.29. The van der Waals surface area contributed by atoms with Crippen LogP contribution in [0.3, 0.4) is 0 Å². The second kappa shape index (κ2) is 6.43. The van der Waals surface area contributed by atoms with E-state index in [2.05, 4.69) is 10.5 Å². The summed E-state index contributed by atoms with van der Waals surface area (Å²) in [5, 5.41) is 6.18. The van der Waals surface area contributed by atoms with Crippen molar-refractivity contribution in [1.29, 1.82) is 0 Å². The number of aryl methyl sites for hydroxylation is 2. The van der Waals surface area contributed by atoms with Crippen molar-refractivity contribution in [1.82, 2.24) is 5.16 Å². The summed E-state index contributed by atoms with van der Waals surface area (Å²) in [6, 6.07) is 6.95. The Morgan fingerprint density at radius 2 is 2.00 bits per heavy atom. The van der Waals surface area contributed by atoms with E-state index in [0.29, 0.717) is 11.3 Å². The lowest BCUT2D eigenvalue weighted by atomic mass is 10.0. The highest BCUT2D eigenvalue weighted by molar-refractivity contribution is 5.97. The average molecular weight is 302 g/mol. The van der Waals surface area contributed by atoms with Crippen molar-refractivity contribution in [2.75, 3.05) is 5.32 Å². The van der Waals surface area contributed by atoms with E-state index in [1.165, 1.54) is 6.92 Å². The fraction of sp³-hybridized carbons (Fsp3) is 0.312. The van der Waals surface area contributed by atoms with Gasteiger partial charge < -0.3 is 14.6 Å². The minimum absolute atomic E-state index is 0.289. The van der Waals surface area contributed by atoms with Crippen LogP contribution in [-0.4, -0.2) is 23.1 Å². The molecule has 0 radical (unpaired) electrons. The van der Waals surface area contributed by atoms with E-state index in [9.17, 15) is 9.59 Å². The van der Waals surface area contributed by atoms with Gasteiger partial charge in [0.1, 0.15) is 5.76 Å². The molecule has 1 amide bonds. The van der Waals surface area contributed by atoms with Gasteiger partial charge in [-0.3, -0.25) is 4.79 Å². The number of hydrogen-bond acceptors (Lipinski definition) is 5. The quantitative estimate of drug-likeness (QED) is 0.878. The number of amides is 1. The number of hydrogen-bond donors (Lipinski definition) is 1. The molecule has 2 aromatic rings. The lowest BCUT2D eigenvalue weighted by Crippen LogP contribution is -2.30. The number of anilines is 1. The third-order valence-corrected chi connectivity index (χ3v) is 3.36. The predicted molar refractivity (Wildman–Crippen MR) is 80.7 cm³/mol. The molecule has 1 unspecified atom stereocenters. The van der Waals surface area contributed by atoms with Gasteiger partial charge >= 0.3 is 5.97 Å². The summed E-state index contributed by atoms with van der Waals surface area (Å²) in [6.45, 7) is 6.97. The summed E-state index contributed by atoms with van der Waals surface area (Å²) < 4.78 is 10.1. The van der Waals surface area contributed by atoms with E-state index in [1.807, 2.05) is 19.9 Å². The molecule has 0 fully saturated rings. The largest absolute Gasteiger partial charge is 0.449 e. The molecule has 1 N–H and O–H groups in total. The SMILES string of the molecule is Cc1cc(NC(=O)C(C)OC(=O)c2cccc(C)c2C)no1. The summed E-state index contributed by atoms with van der Waals surface area (Å²) in [7, 11) is 0. The van der Waals surface area contributed by atoms with Crippen molar-refractivity contribution >= 4 is 17.7 Å². The molecule has 6 nitrogen and oxygen atoms in total. The number of aromatic nitrogens is 1. The predicted octanol–water partition coefficient (Wildman–Crippen LogP) is 2.78. The van der Waals surface area contributed by atoms with Gasteiger partial charge in [0.2, 0.25) is 0 Å². The number of rotatable bonds is 4. The van der Waals surface area contributed by atoms with Crippen LogP contribution in [0.2, 0.25) is 0 Å². The van der Waals surface area contributed by atoms with Crippen LogP contribution in [0, 0.1) is 20.8 Å². The van der Waals surface area contributed by atoms with Gasteiger partial charge in [0.25, 0.3) is 5.91 Å². The molecular formula is C16H18N2O4. The number of ether oxygens (including phenoxy) is 1. The number of carbonyl (C=O) groups excluding carboxylic acids is 2. The molecule has 0 saturated carbocycles. The second-order valence-corrected chi connectivity index (χ2v) is 5.11. The van der Waals surface area contributed by atoms with Gasteiger partial charge in [-0.15, -0.1) is 0 Å². The molecule has 0 spiro atoms. The van der Waals surface area contributed by atoms with Crippen LogP contribution >= 0.6 is 0 Å². The first-order valence-corrected chi connectivity index (χ1v) is 6.90. The van der Waals surface area contributed by atoms with Crippen LogP contribution in [0.1, 0.15) is 34.2 Å². The third-order valence-electron chi connectivity index (χ3n) is 3.36. The molecule has 0 saturated heterocycles. The summed E-state index contributed by atoms with van der Waals surface area (Å²) in [5.74, 6) is -0.125. The van der Waals surface area contributed by atoms with E-state index in [4.69, 9.17) is 9.26 Å². The van der Waals surface area contributed by atoms with Crippen LogP contribution in [0.4, 0.5) is 5.82 Å². The highest BCUT2D eigenvalue weighted by Gasteiger charge is 2.21. The zero-order valence-electron chi connectivity index (χ0n) is 13.0. The molecule has 1 atom stereocenters. The molecular weight excluding hydrogens is 284 g/mol. The average Bonchev–Trinajstić information content (AvgIpc) is 2.86. The Kier molecular flexibility index (Phi) is 4.60. The van der Waals surface area contributed by atoms with Crippen LogP contribution in [0.15, 0.2) is 28.8 Å². The zero-order chi connectivity index (χ0) is 16.3. The smallest absolute Gasteiger partial charge is 0.339 e. The van der Waals surface area contributed by atoms with Gasteiger partial charge in [0.15, 0.2) is 11.9 Å². The summed E-state index contributed by atoms with van der Waals surface area (Å²) in [6.07, 6.45) is -0.940. The van der Waals surface area contributed by atoms with Gasteiger partial charge in [0.05, 0.1) is 5.56 Å². The normalized spacial score (nSPS) is 11.8. The first-order valence-electron chi connectivity index (χ1n) is 6.90. The molecule has 6 heteroatoms. The van der Waals surface area contributed by atoms with E-state index in [-0.39, 0.29) is 5.82 Å². The van der Waals surface area contributed by atoms with Crippen molar-refractivity contribution in [2.45, 2.75) is 33.8 Å². The highest BCUT2D eigenvalue weighted by atomic mass is 16.5. The maximum absolute atomic E-state index is 12.2. The maximum atomic E-state index is 12.2. The molecule has 1 aromatic heterocycles. The monoisotopic (exact) mass is 302 g/mol. The molecule has 0 aliphatic rings. The van der Waals surface area contributed by atoms with Crippen molar-refractivity contribution < 1.29 is 18.8 Å². The lowest BCUT2D eigenvalue weighted by molar-refractivity contribution is -0.123. The standard InChI is InChI=1S/C16H18N2O4/c1-9-6-5-7-13(11(9)3)16(20)21-12(4)15(19)17-14-8-10(2)22-18-14/h5-8,12H,1-4H3,(H,17,18,19). The van der Waals surface area contributed by atoms with E-state index < -0.39 is 18.0 Å². The number of carbonyl (C=O) groups is 2. The van der Waals surface area contributed by atoms with E-state index >= 15 is 0 Å². The van der Waals surface area contributed by atoms with E-state index in [1.54, 1.807) is 25.1 Å². The van der Waals surface area contributed by atoms with Crippen LogP contribution in [0.25, 0.3) is 0 Å². The molecule has 0 bridgehead atoms. The summed E-state index contributed by atoms with van der Waals surface area (Å²) >= 11 is 0.